The molecular formula is C11H18ClN3O4S. The van der Waals surface area contributed by atoms with Crippen LogP contribution in [-0.2, 0) is 14.8 Å². The van der Waals surface area contributed by atoms with Crippen LogP contribution in [0.5, 0.6) is 0 Å². The number of rotatable bonds is 5. The van der Waals surface area contributed by atoms with Gasteiger partial charge in [0.15, 0.2) is 5.82 Å². The number of alkyl halides is 1. The van der Waals surface area contributed by atoms with Crippen LogP contribution in [0.4, 0.5) is 10.6 Å². The van der Waals surface area contributed by atoms with Gasteiger partial charge in [-0.15, -0.1) is 16.7 Å². The van der Waals surface area contributed by atoms with E-state index in [0.717, 1.165) is 4.68 Å². The van der Waals surface area contributed by atoms with Gasteiger partial charge in [-0.3, -0.25) is 4.72 Å². The molecule has 0 unspecified atom stereocenters. The zero-order chi connectivity index (χ0) is 15.4. The number of sulfonamides is 1. The van der Waals surface area contributed by atoms with Crippen molar-refractivity contribution in [1.82, 2.24) is 9.78 Å². The van der Waals surface area contributed by atoms with Gasteiger partial charge in [0, 0.05) is 18.1 Å². The van der Waals surface area contributed by atoms with Crippen molar-refractivity contribution < 1.29 is 17.9 Å². The first kappa shape index (κ1) is 16.8. The van der Waals surface area contributed by atoms with Crippen LogP contribution in [0.1, 0.15) is 27.2 Å². The predicted octanol–water partition coefficient (Wildman–Crippen LogP) is 2.04. The fourth-order valence-electron chi connectivity index (χ4n) is 1.24. The van der Waals surface area contributed by atoms with E-state index in [-0.39, 0.29) is 17.5 Å². The predicted molar refractivity (Wildman–Crippen MR) is 76.6 cm³/mol. The molecule has 0 aliphatic rings. The van der Waals surface area contributed by atoms with Crippen molar-refractivity contribution in [2.45, 2.75) is 32.8 Å². The van der Waals surface area contributed by atoms with Gasteiger partial charge in [0.25, 0.3) is 0 Å². The molecule has 9 heteroatoms. The van der Waals surface area contributed by atoms with Crippen molar-refractivity contribution in [3.8, 4) is 0 Å². The van der Waals surface area contributed by atoms with Gasteiger partial charge in [-0.1, -0.05) is 0 Å². The number of nitrogens with zero attached hydrogens (tertiary/aromatic N) is 2. The zero-order valence-electron chi connectivity index (χ0n) is 11.6. The Balaban J connectivity index is 2.71. The van der Waals surface area contributed by atoms with E-state index in [1.165, 1.54) is 12.3 Å². The quantitative estimate of drug-likeness (QED) is 0.837. The topological polar surface area (TPSA) is 90.3 Å². The summed E-state index contributed by atoms with van der Waals surface area (Å²) >= 11 is 5.44. The van der Waals surface area contributed by atoms with Crippen LogP contribution in [0.25, 0.3) is 0 Å². The smallest absolute Gasteiger partial charge is 0.435 e. The molecule has 1 rings (SSSR count). The Morgan fingerprint density at radius 1 is 1.50 bits per heavy atom. The van der Waals surface area contributed by atoms with E-state index in [9.17, 15) is 13.2 Å². The van der Waals surface area contributed by atoms with E-state index in [0.29, 0.717) is 6.42 Å². The highest BCUT2D eigenvalue weighted by Crippen LogP contribution is 2.11. The molecule has 1 heterocycles. The molecule has 114 valence electrons. The average molecular weight is 324 g/mol. The summed E-state index contributed by atoms with van der Waals surface area (Å²) in [4.78, 5) is 11.7. The second-order valence-corrected chi connectivity index (χ2v) is 7.31. The van der Waals surface area contributed by atoms with Crippen LogP contribution in [0.2, 0.25) is 0 Å². The molecule has 20 heavy (non-hydrogen) atoms. The SMILES string of the molecule is CC(C)(C)OC(=O)n1ccc(NS(=O)(=O)CCCCl)n1. The molecule has 0 aliphatic carbocycles. The van der Waals surface area contributed by atoms with E-state index in [1.807, 2.05) is 0 Å². The Bertz CT molecular complexity index is 562. The van der Waals surface area contributed by atoms with Crippen LogP contribution < -0.4 is 4.72 Å². The summed E-state index contributed by atoms with van der Waals surface area (Å²) in [7, 11) is -3.51. The molecule has 1 aromatic heterocycles. The maximum Gasteiger partial charge on any atom is 0.435 e. The molecular weight excluding hydrogens is 306 g/mol. The third-order valence-electron chi connectivity index (χ3n) is 1.98. The standard InChI is InChI=1S/C11H18ClN3O4S/c1-11(2,3)19-10(16)15-7-5-9(13-15)14-20(17,18)8-4-6-12/h5,7H,4,6,8H2,1-3H3,(H,13,14). The third-order valence-corrected chi connectivity index (χ3v) is 3.59. The molecule has 0 atom stereocenters. The molecule has 1 aromatic rings. The van der Waals surface area contributed by atoms with E-state index in [4.69, 9.17) is 16.3 Å². The van der Waals surface area contributed by atoms with Gasteiger partial charge >= 0.3 is 6.09 Å². The van der Waals surface area contributed by atoms with Crippen LogP contribution in [0.3, 0.4) is 0 Å². The highest BCUT2D eigenvalue weighted by Gasteiger charge is 2.19. The minimum absolute atomic E-state index is 0.0606. The lowest BCUT2D eigenvalue weighted by atomic mass is 10.2. The lowest BCUT2D eigenvalue weighted by molar-refractivity contribution is 0.0515. The third kappa shape index (κ3) is 5.79. The maximum absolute atomic E-state index is 11.7. The molecule has 7 nitrogen and oxygen atoms in total. The van der Waals surface area contributed by atoms with Crippen molar-refractivity contribution >= 4 is 33.5 Å². The van der Waals surface area contributed by atoms with Crippen molar-refractivity contribution in [3.63, 3.8) is 0 Å². The molecule has 0 saturated heterocycles. The van der Waals surface area contributed by atoms with Crippen molar-refractivity contribution in [3.05, 3.63) is 12.3 Å². The molecule has 0 fully saturated rings. The Kier molecular flexibility index (Phi) is 5.41. The molecule has 0 bridgehead atoms. The minimum atomic E-state index is -3.51. The first-order valence-electron chi connectivity index (χ1n) is 5.98. The average Bonchev–Trinajstić information content (AvgIpc) is 2.72. The van der Waals surface area contributed by atoms with Crippen LogP contribution in [-0.4, -0.2) is 41.5 Å². The number of nitrogens with one attached hydrogen (secondary N) is 1. The summed E-state index contributed by atoms with van der Waals surface area (Å²) in [5.74, 6) is 0.216. The molecule has 1 N–H and O–H groups in total. The summed E-state index contributed by atoms with van der Waals surface area (Å²) in [6.07, 6.45) is 0.987. The number of anilines is 1. The Labute approximate surface area is 123 Å². The highest BCUT2D eigenvalue weighted by atomic mass is 35.5. The van der Waals surface area contributed by atoms with E-state index in [2.05, 4.69) is 9.82 Å². The molecule has 0 amide bonds. The van der Waals surface area contributed by atoms with Gasteiger partial charge in [0.2, 0.25) is 10.0 Å². The number of ether oxygens (including phenoxy) is 1. The minimum Gasteiger partial charge on any atom is -0.442 e. The van der Waals surface area contributed by atoms with Crippen LogP contribution in [0.15, 0.2) is 12.3 Å². The largest absolute Gasteiger partial charge is 0.442 e. The normalized spacial score (nSPS) is 12.2. The second-order valence-electron chi connectivity index (χ2n) is 5.09. The Morgan fingerprint density at radius 2 is 2.15 bits per heavy atom. The lowest BCUT2D eigenvalue weighted by Gasteiger charge is -2.18. The Hall–Kier alpha value is -1.28. The number of hydrogen-bond acceptors (Lipinski definition) is 5. The van der Waals surface area contributed by atoms with Crippen LogP contribution in [0, 0.1) is 0 Å². The number of halogens is 1. The Morgan fingerprint density at radius 3 is 2.70 bits per heavy atom. The van der Waals surface area contributed by atoms with Gasteiger partial charge < -0.3 is 4.74 Å². The monoisotopic (exact) mass is 323 g/mol. The van der Waals surface area contributed by atoms with Gasteiger partial charge in [-0.25, -0.2) is 13.2 Å². The first-order chi connectivity index (χ1) is 9.13. The summed E-state index contributed by atoms with van der Waals surface area (Å²) in [6, 6.07) is 1.38. The van der Waals surface area contributed by atoms with Gasteiger partial charge in [-0.2, -0.15) is 4.68 Å². The van der Waals surface area contributed by atoms with E-state index in [1.54, 1.807) is 20.8 Å². The number of aromatic nitrogens is 2. The van der Waals surface area contributed by atoms with E-state index >= 15 is 0 Å². The van der Waals surface area contributed by atoms with Gasteiger partial charge in [0.1, 0.15) is 5.60 Å². The fraction of sp³-hybridized carbons (Fsp3) is 0.636. The van der Waals surface area contributed by atoms with Crippen molar-refractivity contribution in [2.24, 2.45) is 0 Å². The summed E-state index contributed by atoms with van der Waals surface area (Å²) in [6.45, 7) is 5.18. The van der Waals surface area contributed by atoms with E-state index < -0.39 is 21.7 Å². The van der Waals surface area contributed by atoms with Crippen molar-refractivity contribution in [1.29, 1.82) is 0 Å². The van der Waals surface area contributed by atoms with Gasteiger partial charge in [0.05, 0.1) is 5.75 Å². The van der Waals surface area contributed by atoms with Crippen molar-refractivity contribution in [2.75, 3.05) is 16.4 Å². The number of carbonyl (C=O) groups is 1. The highest BCUT2D eigenvalue weighted by molar-refractivity contribution is 7.92. The number of hydrogen-bond donors (Lipinski definition) is 1. The molecule has 0 spiro atoms. The van der Waals surface area contributed by atoms with Crippen LogP contribution >= 0.6 is 11.6 Å². The molecule has 0 radical (unpaired) electrons. The molecule has 0 aliphatic heterocycles. The fourth-order valence-corrected chi connectivity index (χ4v) is 2.59. The van der Waals surface area contributed by atoms with Gasteiger partial charge in [-0.05, 0) is 27.2 Å². The molecule has 0 saturated carbocycles. The number of carbonyl (C=O) groups excluding carboxylic acids is 1. The lowest BCUT2D eigenvalue weighted by Crippen LogP contribution is -2.27. The second kappa shape index (κ2) is 6.45. The summed E-state index contributed by atoms with van der Waals surface area (Å²) in [5.41, 5.74) is -0.650. The molecule has 0 aromatic carbocycles. The maximum atomic E-state index is 11.7. The summed E-state index contributed by atoms with van der Waals surface area (Å²) < 4.78 is 31.6. The summed E-state index contributed by atoms with van der Waals surface area (Å²) in [5, 5.41) is 3.81. The zero-order valence-corrected chi connectivity index (χ0v) is 13.2. The first-order valence-corrected chi connectivity index (χ1v) is 8.17.